The molecule has 3 atom stereocenters. The molecule has 1 fully saturated rings. The van der Waals surface area contributed by atoms with Crippen LogP contribution in [0.3, 0.4) is 0 Å². The van der Waals surface area contributed by atoms with E-state index in [9.17, 15) is 10.2 Å². The third-order valence-electron chi connectivity index (χ3n) is 5.82. The summed E-state index contributed by atoms with van der Waals surface area (Å²) >= 11 is 0. The van der Waals surface area contributed by atoms with Gasteiger partial charge in [-0.3, -0.25) is 4.57 Å². The van der Waals surface area contributed by atoms with Crippen LogP contribution >= 0.6 is 0 Å². The summed E-state index contributed by atoms with van der Waals surface area (Å²) in [6.07, 6.45) is -0.329. The lowest BCUT2D eigenvalue weighted by Crippen LogP contribution is -2.24. The number of aliphatic hydroxyl groups excluding tert-OH is 2. The third kappa shape index (κ3) is 3.46. The number of hydrogen-bond acceptors (Lipinski definition) is 8. The van der Waals surface area contributed by atoms with Crippen molar-refractivity contribution < 1.29 is 14.9 Å². The Morgan fingerprint density at radius 1 is 1.09 bits per heavy atom. The standard InChI is InChI=1S/C23H24N6O3/c1-28(16-9-7-15(8-10-16)14-5-3-2-4-6-14)23-27-20-21(24)25-13-26-22(20)29(23)19-11-17(31)18(12-30)32-19/h2-10,13,17-19,30-31H,11-12H2,1H3,(H2,24,25,26)/t17-,18+,19+/m0/s1. The number of anilines is 3. The molecule has 0 bridgehead atoms. The molecule has 9 nitrogen and oxygen atoms in total. The Bertz CT molecular complexity index is 1230. The summed E-state index contributed by atoms with van der Waals surface area (Å²) < 4.78 is 7.72. The number of nitrogens with zero attached hydrogens (tertiary/aromatic N) is 5. The zero-order chi connectivity index (χ0) is 22.2. The van der Waals surface area contributed by atoms with Crippen LogP contribution in [0.25, 0.3) is 22.3 Å². The first kappa shape index (κ1) is 20.4. The average molecular weight is 432 g/mol. The lowest BCUT2D eigenvalue weighted by molar-refractivity contribution is -0.0426. The molecule has 1 aliphatic heterocycles. The van der Waals surface area contributed by atoms with E-state index in [0.717, 1.165) is 16.8 Å². The highest BCUT2D eigenvalue weighted by atomic mass is 16.5. The van der Waals surface area contributed by atoms with Gasteiger partial charge < -0.3 is 25.6 Å². The second-order valence-electron chi connectivity index (χ2n) is 7.80. The molecule has 2 aromatic heterocycles. The topological polar surface area (TPSA) is 123 Å². The first-order valence-electron chi connectivity index (χ1n) is 10.4. The van der Waals surface area contributed by atoms with Crippen molar-refractivity contribution >= 4 is 28.6 Å². The van der Waals surface area contributed by atoms with Crippen LogP contribution in [-0.4, -0.2) is 55.6 Å². The summed E-state index contributed by atoms with van der Waals surface area (Å²) in [5.74, 6) is 0.815. The third-order valence-corrected chi connectivity index (χ3v) is 5.82. The lowest BCUT2D eigenvalue weighted by atomic mass is 10.1. The van der Waals surface area contributed by atoms with E-state index in [1.807, 2.05) is 42.3 Å². The second kappa shape index (κ2) is 8.19. The van der Waals surface area contributed by atoms with E-state index in [-0.39, 0.29) is 12.4 Å². The number of nitrogen functional groups attached to an aromatic ring is 1. The van der Waals surface area contributed by atoms with E-state index in [2.05, 4.69) is 34.2 Å². The van der Waals surface area contributed by atoms with Gasteiger partial charge in [0.1, 0.15) is 18.7 Å². The maximum atomic E-state index is 10.3. The van der Waals surface area contributed by atoms with Crippen molar-refractivity contribution in [2.24, 2.45) is 0 Å². The highest BCUT2D eigenvalue weighted by Crippen LogP contribution is 2.37. The van der Waals surface area contributed by atoms with E-state index < -0.39 is 18.4 Å². The molecule has 0 aliphatic carbocycles. The smallest absolute Gasteiger partial charge is 0.214 e. The van der Waals surface area contributed by atoms with Gasteiger partial charge in [0.05, 0.1) is 12.7 Å². The van der Waals surface area contributed by atoms with E-state index in [1.165, 1.54) is 6.33 Å². The number of ether oxygens (including phenoxy) is 1. The molecule has 3 heterocycles. The number of imidazole rings is 1. The van der Waals surface area contributed by atoms with Crippen molar-refractivity contribution in [3.63, 3.8) is 0 Å². The predicted octanol–water partition coefficient (Wildman–Crippen LogP) is 2.48. The van der Waals surface area contributed by atoms with E-state index in [0.29, 0.717) is 23.5 Å². The lowest BCUT2D eigenvalue weighted by Gasteiger charge is -2.23. The van der Waals surface area contributed by atoms with Crippen molar-refractivity contribution in [1.29, 1.82) is 0 Å². The molecule has 0 unspecified atom stereocenters. The van der Waals surface area contributed by atoms with Crippen LogP contribution in [0.1, 0.15) is 12.6 Å². The van der Waals surface area contributed by atoms with Crippen molar-refractivity contribution in [2.45, 2.75) is 24.9 Å². The fourth-order valence-electron chi connectivity index (χ4n) is 4.08. The Labute approximate surface area is 184 Å². The van der Waals surface area contributed by atoms with E-state index in [4.69, 9.17) is 15.5 Å². The fourth-order valence-corrected chi connectivity index (χ4v) is 4.08. The Morgan fingerprint density at radius 3 is 2.50 bits per heavy atom. The van der Waals surface area contributed by atoms with Crippen LogP contribution < -0.4 is 10.6 Å². The van der Waals surface area contributed by atoms with Gasteiger partial charge in [-0.2, -0.15) is 0 Å². The molecule has 1 saturated heterocycles. The molecule has 5 rings (SSSR count). The SMILES string of the molecule is CN(c1ccc(-c2ccccc2)cc1)c1nc2c(N)ncnc2n1[C@H]1C[C@H](O)[C@@H](CO)O1. The van der Waals surface area contributed by atoms with Crippen LogP contribution in [0, 0.1) is 0 Å². The number of rotatable bonds is 5. The molecule has 4 N–H and O–H groups in total. The van der Waals surface area contributed by atoms with Crippen LogP contribution in [-0.2, 0) is 4.74 Å². The minimum absolute atomic E-state index is 0.264. The summed E-state index contributed by atoms with van der Waals surface area (Å²) in [6.45, 7) is -0.270. The zero-order valence-corrected chi connectivity index (χ0v) is 17.5. The van der Waals surface area contributed by atoms with Crippen molar-refractivity contribution in [1.82, 2.24) is 19.5 Å². The van der Waals surface area contributed by atoms with Gasteiger partial charge in [0.2, 0.25) is 5.95 Å². The van der Waals surface area contributed by atoms with Crippen molar-refractivity contribution in [3.8, 4) is 11.1 Å². The Balaban J connectivity index is 1.55. The molecule has 0 saturated carbocycles. The quantitative estimate of drug-likeness (QED) is 0.440. The largest absolute Gasteiger partial charge is 0.394 e. The minimum atomic E-state index is -0.787. The molecule has 9 heteroatoms. The molecule has 0 radical (unpaired) electrons. The summed E-state index contributed by atoms with van der Waals surface area (Å²) in [5.41, 5.74) is 10.2. The number of fused-ring (bicyclic) bond motifs is 1. The van der Waals surface area contributed by atoms with Crippen LogP contribution in [0.5, 0.6) is 0 Å². The monoisotopic (exact) mass is 432 g/mol. The van der Waals surface area contributed by atoms with E-state index in [1.54, 1.807) is 4.57 Å². The number of hydrogen-bond donors (Lipinski definition) is 3. The summed E-state index contributed by atoms with van der Waals surface area (Å²) in [5, 5.41) is 19.8. The maximum absolute atomic E-state index is 10.3. The molecule has 2 aromatic carbocycles. The Hall–Kier alpha value is -3.53. The van der Waals surface area contributed by atoms with Crippen LogP contribution in [0.15, 0.2) is 60.9 Å². The number of aliphatic hydroxyl groups is 2. The van der Waals surface area contributed by atoms with Gasteiger partial charge in [-0.15, -0.1) is 0 Å². The van der Waals surface area contributed by atoms with Gasteiger partial charge in [0.15, 0.2) is 17.0 Å². The fraction of sp³-hybridized carbons (Fsp3) is 0.261. The molecular formula is C23H24N6O3. The van der Waals surface area contributed by atoms with Gasteiger partial charge in [-0.25, -0.2) is 15.0 Å². The first-order valence-corrected chi connectivity index (χ1v) is 10.4. The molecule has 4 aromatic rings. The second-order valence-corrected chi connectivity index (χ2v) is 7.80. The van der Waals surface area contributed by atoms with Gasteiger partial charge in [-0.1, -0.05) is 42.5 Å². The molecule has 0 amide bonds. The molecule has 1 aliphatic rings. The van der Waals surface area contributed by atoms with Gasteiger partial charge in [0.25, 0.3) is 0 Å². The molecule has 32 heavy (non-hydrogen) atoms. The zero-order valence-electron chi connectivity index (χ0n) is 17.5. The number of nitrogens with two attached hydrogens (primary N) is 1. The molecule has 164 valence electrons. The van der Waals surface area contributed by atoms with E-state index >= 15 is 0 Å². The van der Waals surface area contributed by atoms with Crippen LogP contribution in [0.2, 0.25) is 0 Å². The Morgan fingerprint density at radius 2 is 1.81 bits per heavy atom. The van der Waals surface area contributed by atoms with Gasteiger partial charge in [0, 0.05) is 19.2 Å². The number of benzene rings is 2. The van der Waals surface area contributed by atoms with Gasteiger partial charge in [-0.05, 0) is 23.3 Å². The normalized spacial score (nSPS) is 20.7. The van der Waals surface area contributed by atoms with Crippen molar-refractivity contribution in [2.75, 3.05) is 24.3 Å². The summed E-state index contributed by atoms with van der Waals surface area (Å²) in [4.78, 5) is 15.0. The summed E-state index contributed by atoms with van der Waals surface area (Å²) in [7, 11) is 1.90. The molecular weight excluding hydrogens is 408 g/mol. The summed E-state index contributed by atoms with van der Waals surface area (Å²) in [6, 6.07) is 18.3. The highest BCUT2D eigenvalue weighted by Gasteiger charge is 2.37. The predicted molar refractivity (Wildman–Crippen MR) is 121 cm³/mol. The van der Waals surface area contributed by atoms with Crippen LogP contribution in [0.4, 0.5) is 17.5 Å². The average Bonchev–Trinajstić information content (AvgIpc) is 3.40. The Kier molecular flexibility index (Phi) is 5.22. The highest BCUT2D eigenvalue weighted by molar-refractivity contribution is 5.85. The first-order chi connectivity index (χ1) is 15.6. The maximum Gasteiger partial charge on any atom is 0.214 e. The molecule has 0 spiro atoms. The van der Waals surface area contributed by atoms with Crippen molar-refractivity contribution in [3.05, 3.63) is 60.9 Å². The minimum Gasteiger partial charge on any atom is -0.394 e. The van der Waals surface area contributed by atoms with Gasteiger partial charge >= 0.3 is 0 Å². The number of aromatic nitrogens is 4.